The molecule has 1 fully saturated rings. The Labute approximate surface area is 115 Å². The Hall–Kier alpha value is -1.32. The summed E-state index contributed by atoms with van der Waals surface area (Å²) in [7, 11) is 0. The quantitative estimate of drug-likeness (QED) is 0.525. The van der Waals surface area contributed by atoms with E-state index in [9.17, 15) is 9.59 Å². The van der Waals surface area contributed by atoms with Crippen LogP contribution in [0.4, 0.5) is 0 Å². The Bertz CT molecular complexity index is 340. The summed E-state index contributed by atoms with van der Waals surface area (Å²) in [5.74, 6) is -0.877. The summed E-state index contributed by atoms with van der Waals surface area (Å²) in [5.41, 5.74) is -0.159. The first-order valence-electron chi connectivity index (χ1n) is 7.09. The minimum Gasteiger partial charge on any atom is -0.465 e. The summed E-state index contributed by atoms with van der Waals surface area (Å²) >= 11 is 0. The lowest BCUT2D eigenvalue weighted by Gasteiger charge is -2.27. The van der Waals surface area contributed by atoms with Gasteiger partial charge in [-0.25, -0.2) is 4.79 Å². The zero-order valence-electron chi connectivity index (χ0n) is 12.0. The number of hydrogen-bond donors (Lipinski definition) is 0. The van der Waals surface area contributed by atoms with Crippen molar-refractivity contribution in [3.05, 3.63) is 12.2 Å². The third-order valence-electron chi connectivity index (χ3n) is 3.58. The minimum absolute atomic E-state index is 0.0847. The van der Waals surface area contributed by atoms with Gasteiger partial charge in [0.2, 0.25) is 0 Å². The standard InChI is InChI=1S/C15H24O4/c1-4-10-18-13(16)11-12(3)14(17)19-15(5-2)8-6-7-9-15/h3-11H2,1-2H3. The van der Waals surface area contributed by atoms with Gasteiger partial charge in [0, 0.05) is 5.57 Å². The van der Waals surface area contributed by atoms with Crippen molar-refractivity contribution in [2.45, 2.75) is 64.4 Å². The maximum absolute atomic E-state index is 11.9. The first-order chi connectivity index (χ1) is 9.03. The van der Waals surface area contributed by atoms with Crippen LogP contribution in [0.5, 0.6) is 0 Å². The van der Waals surface area contributed by atoms with Gasteiger partial charge in [-0.15, -0.1) is 0 Å². The predicted molar refractivity (Wildman–Crippen MR) is 72.6 cm³/mol. The first-order valence-corrected chi connectivity index (χ1v) is 7.09. The van der Waals surface area contributed by atoms with E-state index in [1.807, 2.05) is 13.8 Å². The Morgan fingerprint density at radius 3 is 2.37 bits per heavy atom. The molecule has 0 unspecified atom stereocenters. The van der Waals surface area contributed by atoms with E-state index in [0.29, 0.717) is 6.61 Å². The normalized spacial score (nSPS) is 16.9. The molecule has 0 bridgehead atoms. The van der Waals surface area contributed by atoms with Crippen LogP contribution in [0.2, 0.25) is 0 Å². The molecular formula is C15H24O4. The van der Waals surface area contributed by atoms with Crippen LogP contribution in [0.1, 0.15) is 58.8 Å². The molecule has 1 aliphatic carbocycles. The van der Waals surface area contributed by atoms with E-state index >= 15 is 0 Å². The van der Waals surface area contributed by atoms with Crippen LogP contribution < -0.4 is 0 Å². The van der Waals surface area contributed by atoms with Gasteiger partial charge < -0.3 is 9.47 Å². The number of rotatable bonds is 7. The fourth-order valence-corrected chi connectivity index (χ4v) is 2.33. The lowest BCUT2D eigenvalue weighted by atomic mass is 9.98. The summed E-state index contributed by atoms with van der Waals surface area (Å²) in [6.07, 6.45) is 5.48. The molecule has 4 nitrogen and oxygen atoms in total. The number of carbonyl (C=O) groups is 2. The molecule has 0 aromatic rings. The van der Waals surface area contributed by atoms with Crippen molar-refractivity contribution < 1.29 is 19.1 Å². The van der Waals surface area contributed by atoms with E-state index in [2.05, 4.69) is 6.58 Å². The third kappa shape index (κ3) is 4.69. The van der Waals surface area contributed by atoms with Crippen LogP contribution in [-0.4, -0.2) is 24.1 Å². The van der Waals surface area contributed by atoms with Crippen molar-refractivity contribution in [2.24, 2.45) is 0 Å². The molecule has 0 aromatic heterocycles. The molecule has 0 aliphatic heterocycles. The van der Waals surface area contributed by atoms with Crippen LogP contribution >= 0.6 is 0 Å². The Balaban J connectivity index is 2.44. The zero-order valence-corrected chi connectivity index (χ0v) is 12.0. The molecule has 19 heavy (non-hydrogen) atoms. The monoisotopic (exact) mass is 268 g/mol. The molecule has 0 N–H and O–H groups in total. The lowest BCUT2D eigenvalue weighted by molar-refractivity contribution is -0.156. The number of carbonyl (C=O) groups excluding carboxylic acids is 2. The number of esters is 2. The second-order valence-corrected chi connectivity index (χ2v) is 5.13. The molecule has 0 aromatic carbocycles. The van der Waals surface area contributed by atoms with Gasteiger partial charge in [0.25, 0.3) is 0 Å². The Morgan fingerprint density at radius 1 is 1.21 bits per heavy atom. The fourth-order valence-electron chi connectivity index (χ4n) is 2.33. The maximum Gasteiger partial charge on any atom is 0.334 e. The van der Waals surface area contributed by atoms with Gasteiger partial charge in [-0.3, -0.25) is 4.79 Å². The summed E-state index contributed by atoms with van der Waals surface area (Å²) < 4.78 is 10.5. The molecule has 4 heteroatoms. The van der Waals surface area contributed by atoms with E-state index in [1.165, 1.54) is 0 Å². The summed E-state index contributed by atoms with van der Waals surface area (Å²) in [6.45, 7) is 7.95. The van der Waals surface area contributed by atoms with Gasteiger partial charge in [-0.1, -0.05) is 20.4 Å². The average molecular weight is 268 g/mol. The van der Waals surface area contributed by atoms with Gasteiger partial charge in [0.15, 0.2) is 0 Å². The molecule has 0 heterocycles. The second kappa shape index (κ2) is 7.31. The molecule has 0 amide bonds. The van der Waals surface area contributed by atoms with E-state index in [-0.39, 0.29) is 17.6 Å². The van der Waals surface area contributed by atoms with Crippen molar-refractivity contribution in [2.75, 3.05) is 6.61 Å². The predicted octanol–water partition coefficient (Wildman–Crippen LogP) is 3.15. The van der Waals surface area contributed by atoms with Crippen molar-refractivity contribution in [1.29, 1.82) is 0 Å². The molecule has 0 saturated heterocycles. The topological polar surface area (TPSA) is 52.6 Å². The highest BCUT2D eigenvalue weighted by molar-refractivity contribution is 5.93. The Kier molecular flexibility index (Phi) is 6.06. The number of ether oxygens (including phenoxy) is 2. The highest BCUT2D eigenvalue weighted by atomic mass is 16.6. The highest BCUT2D eigenvalue weighted by Crippen LogP contribution is 2.36. The van der Waals surface area contributed by atoms with Crippen molar-refractivity contribution in [3.63, 3.8) is 0 Å². The fraction of sp³-hybridized carbons (Fsp3) is 0.733. The summed E-state index contributed by atoms with van der Waals surface area (Å²) in [4.78, 5) is 23.4. The summed E-state index contributed by atoms with van der Waals surface area (Å²) in [5, 5.41) is 0. The molecule has 0 spiro atoms. The molecule has 1 saturated carbocycles. The van der Waals surface area contributed by atoms with Crippen LogP contribution in [0.3, 0.4) is 0 Å². The number of hydrogen-bond acceptors (Lipinski definition) is 4. The van der Waals surface area contributed by atoms with Crippen LogP contribution in [0.25, 0.3) is 0 Å². The van der Waals surface area contributed by atoms with E-state index < -0.39 is 11.9 Å². The molecule has 108 valence electrons. The van der Waals surface area contributed by atoms with Gasteiger partial charge in [0.1, 0.15) is 5.60 Å². The first kappa shape index (κ1) is 15.7. The molecule has 0 radical (unpaired) electrons. The van der Waals surface area contributed by atoms with Gasteiger partial charge in [0.05, 0.1) is 13.0 Å². The van der Waals surface area contributed by atoms with Crippen LogP contribution in [-0.2, 0) is 19.1 Å². The Morgan fingerprint density at radius 2 is 1.84 bits per heavy atom. The highest BCUT2D eigenvalue weighted by Gasteiger charge is 2.36. The molecule has 1 aliphatic rings. The van der Waals surface area contributed by atoms with Gasteiger partial charge in [-0.05, 0) is 38.5 Å². The van der Waals surface area contributed by atoms with E-state index in [0.717, 1.165) is 38.5 Å². The smallest absolute Gasteiger partial charge is 0.334 e. The van der Waals surface area contributed by atoms with Crippen molar-refractivity contribution in [3.8, 4) is 0 Å². The van der Waals surface area contributed by atoms with Crippen LogP contribution in [0.15, 0.2) is 12.2 Å². The van der Waals surface area contributed by atoms with Gasteiger partial charge >= 0.3 is 11.9 Å². The lowest BCUT2D eigenvalue weighted by Crippen LogP contribution is -2.32. The average Bonchev–Trinajstić information content (AvgIpc) is 2.85. The zero-order chi connectivity index (χ0) is 14.3. The van der Waals surface area contributed by atoms with E-state index in [4.69, 9.17) is 9.47 Å². The van der Waals surface area contributed by atoms with Crippen molar-refractivity contribution >= 4 is 11.9 Å². The van der Waals surface area contributed by atoms with Gasteiger partial charge in [-0.2, -0.15) is 0 Å². The maximum atomic E-state index is 11.9. The second-order valence-electron chi connectivity index (χ2n) is 5.13. The third-order valence-corrected chi connectivity index (χ3v) is 3.58. The minimum atomic E-state index is -0.461. The summed E-state index contributed by atoms with van der Waals surface area (Å²) in [6, 6.07) is 0. The van der Waals surface area contributed by atoms with E-state index in [1.54, 1.807) is 0 Å². The van der Waals surface area contributed by atoms with Crippen molar-refractivity contribution in [1.82, 2.24) is 0 Å². The molecular weight excluding hydrogens is 244 g/mol. The van der Waals surface area contributed by atoms with Crippen LogP contribution in [0, 0.1) is 0 Å². The largest absolute Gasteiger partial charge is 0.465 e. The molecule has 1 rings (SSSR count). The SMILES string of the molecule is C=C(CC(=O)OCCC)C(=O)OC1(CC)CCCC1. The molecule has 0 atom stereocenters.